The molecule has 1 aliphatic rings. The molecule has 0 aliphatic carbocycles. The number of hydrogen-bond donors (Lipinski definition) is 1. The lowest BCUT2D eigenvalue weighted by atomic mass is 9.86. The lowest BCUT2D eigenvalue weighted by Crippen LogP contribution is -2.50. The maximum Gasteiger partial charge on any atom is 0.254 e. The van der Waals surface area contributed by atoms with Crippen LogP contribution in [0.1, 0.15) is 43.5 Å². The van der Waals surface area contributed by atoms with Crippen LogP contribution < -0.4 is 0 Å². The van der Waals surface area contributed by atoms with Crippen molar-refractivity contribution in [2.45, 2.75) is 38.6 Å². The fraction of sp³-hybridized carbons (Fsp3) is 0.450. The SMILES string of the molecule is CC(C)C[C@]1(CO)CCCN1C(=O)c1ccc(-n2c#ccc2)cc1. The van der Waals surface area contributed by atoms with E-state index < -0.39 is 5.54 Å². The molecule has 1 N–H and O–H groups in total. The van der Waals surface area contributed by atoms with Crippen LogP contribution >= 0.6 is 0 Å². The third-order valence-corrected chi connectivity index (χ3v) is 4.81. The van der Waals surface area contributed by atoms with E-state index in [-0.39, 0.29) is 12.5 Å². The Morgan fingerprint density at radius 1 is 1.33 bits per heavy atom. The minimum atomic E-state index is -0.410. The molecule has 0 spiro atoms. The molecular formula is C20H24N2O2. The molecule has 2 heterocycles. The highest BCUT2D eigenvalue weighted by atomic mass is 16.3. The van der Waals surface area contributed by atoms with Gasteiger partial charge in [-0.3, -0.25) is 9.36 Å². The summed E-state index contributed by atoms with van der Waals surface area (Å²) in [4.78, 5) is 14.9. The molecule has 126 valence electrons. The van der Waals surface area contributed by atoms with Crippen LogP contribution in [0.5, 0.6) is 0 Å². The van der Waals surface area contributed by atoms with Gasteiger partial charge in [-0.1, -0.05) is 13.8 Å². The fourth-order valence-electron chi connectivity index (χ4n) is 3.78. The lowest BCUT2D eigenvalue weighted by molar-refractivity contribution is 0.0332. The summed E-state index contributed by atoms with van der Waals surface area (Å²) in [7, 11) is 0. The van der Waals surface area contributed by atoms with E-state index in [0.29, 0.717) is 18.0 Å². The van der Waals surface area contributed by atoms with E-state index in [2.05, 4.69) is 26.1 Å². The molecular weight excluding hydrogens is 300 g/mol. The van der Waals surface area contributed by atoms with Crippen molar-refractivity contribution >= 4 is 5.91 Å². The molecule has 4 nitrogen and oxygen atoms in total. The number of carbonyl (C=O) groups is 1. The molecule has 1 saturated heterocycles. The summed E-state index contributed by atoms with van der Waals surface area (Å²) in [5.41, 5.74) is 1.20. The molecule has 0 radical (unpaired) electrons. The van der Waals surface area contributed by atoms with Crippen LogP contribution in [0.3, 0.4) is 0 Å². The third kappa shape index (κ3) is 3.05. The van der Waals surface area contributed by atoms with Gasteiger partial charge in [-0.15, -0.1) is 0 Å². The number of aromatic nitrogens is 1. The Morgan fingerprint density at radius 3 is 2.67 bits per heavy atom. The Bertz CT molecular complexity index is 676. The fourth-order valence-corrected chi connectivity index (χ4v) is 3.78. The minimum Gasteiger partial charge on any atom is -0.394 e. The number of amides is 1. The van der Waals surface area contributed by atoms with E-state index in [1.807, 2.05) is 39.9 Å². The maximum absolute atomic E-state index is 13.0. The second kappa shape index (κ2) is 6.70. The molecule has 1 aliphatic heterocycles. The zero-order chi connectivity index (χ0) is 17.2. The predicted octanol–water partition coefficient (Wildman–Crippen LogP) is 3.09. The van der Waals surface area contributed by atoms with Gasteiger partial charge in [0.05, 0.1) is 17.8 Å². The summed E-state index contributed by atoms with van der Waals surface area (Å²) in [6, 6.07) is 12.2. The molecule has 4 heteroatoms. The van der Waals surface area contributed by atoms with Gasteiger partial charge in [-0.05, 0) is 55.5 Å². The molecule has 0 saturated carbocycles. The predicted molar refractivity (Wildman–Crippen MR) is 93.0 cm³/mol. The smallest absolute Gasteiger partial charge is 0.254 e. The maximum atomic E-state index is 13.0. The first kappa shape index (κ1) is 16.6. The second-order valence-electron chi connectivity index (χ2n) is 7.03. The number of nitrogens with zero attached hydrogens (tertiary/aromatic N) is 2. The average Bonchev–Trinajstić information content (AvgIpc) is 3.24. The van der Waals surface area contributed by atoms with Crippen LogP contribution in [-0.4, -0.2) is 39.2 Å². The van der Waals surface area contributed by atoms with Gasteiger partial charge in [-0.2, -0.15) is 0 Å². The van der Waals surface area contributed by atoms with Crippen LogP contribution in [0.15, 0.2) is 36.5 Å². The van der Waals surface area contributed by atoms with Crippen molar-refractivity contribution in [3.05, 3.63) is 54.4 Å². The molecule has 2 aromatic rings. The van der Waals surface area contributed by atoms with Crippen molar-refractivity contribution in [3.8, 4) is 5.69 Å². The number of hydrogen-bond acceptors (Lipinski definition) is 2. The van der Waals surface area contributed by atoms with Crippen LogP contribution in [-0.2, 0) is 0 Å². The summed E-state index contributed by atoms with van der Waals surface area (Å²) in [5, 5.41) is 10.00. The highest BCUT2D eigenvalue weighted by molar-refractivity contribution is 5.95. The number of carbonyl (C=O) groups excluding carboxylic acids is 1. The molecule has 24 heavy (non-hydrogen) atoms. The minimum absolute atomic E-state index is 0.0109. The molecule has 1 aromatic carbocycles. The van der Waals surface area contributed by atoms with E-state index in [4.69, 9.17) is 0 Å². The topological polar surface area (TPSA) is 45.5 Å². The Kier molecular flexibility index (Phi) is 4.64. The standard InChI is InChI=1S/C20H24N2O2/c1-16(2)14-20(15-23)10-5-13-22(20)19(24)17-6-8-18(9-7-17)21-11-3-4-12-21/h3,6-9,11,16,23H,5,10,13-15H2,1-2H3/t20-/m0/s1. The number of rotatable bonds is 5. The summed E-state index contributed by atoms with van der Waals surface area (Å²) in [5.74, 6) is 0.449. The Morgan fingerprint density at radius 2 is 2.08 bits per heavy atom. The van der Waals surface area contributed by atoms with Crippen molar-refractivity contribution < 1.29 is 9.90 Å². The van der Waals surface area contributed by atoms with E-state index in [1.54, 1.807) is 6.07 Å². The third-order valence-electron chi connectivity index (χ3n) is 4.81. The van der Waals surface area contributed by atoms with Crippen molar-refractivity contribution in [2.75, 3.05) is 13.2 Å². The lowest BCUT2D eigenvalue weighted by Gasteiger charge is -2.38. The van der Waals surface area contributed by atoms with E-state index in [9.17, 15) is 9.90 Å². The largest absolute Gasteiger partial charge is 0.394 e. The summed E-state index contributed by atoms with van der Waals surface area (Å²) < 4.78 is 1.83. The van der Waals surface area contributed by atoms with Gasteiger partial charge in [0, 0.05) is 30.6 Å². The van der Waals surface area contributed by atoms with Gasteiger partial charge < -0.3 is 10.0 Å². The number of likely N-dealkylation sites (tertiary alicyclic amines) is 1. The Hall–Kier alpha value is -2.25. The second-order valence-corrected chi connectivity index (χ2v) is 7.03. The zero-order valence-corrected chi connectivity index (χ0v) is 14.3. The molecule has 0 bridgehead atoms. The van der Waals surface area contributed by atoms with Crippen LogP contribution in [0.4, 0.5) is 0 Å². The first-order chi connectivity index (χ1) is 11.6. The van der Waals surface area contributed by atoms with Crippen LogP contribution in [0, 0.1) is 18.2 Å². The van der Waals surface area contributed by atoms with Crippen LogP contribution in [0.25, 0.3) is 5.69 Å². The molecule has 1 amide bonds. The monoisotopic (exact) mass is 324 g/mol. The van der Waals surface area contributed by atoms with Gasteiger partial charge in [-0.25, -0.2) is 0 Å². The first-order valence-electron chi connectivity index (χ1n) is 8.56. The van der Waals surface area contributed by atoms with Gasteiger partial charge in [0.2, 0.25) is 0 Å². The van der Waals surface area contributed by atoms with E-state index in [0.717, 1.165) is 24.9 Å². The molecule has 3 rings (SSSR count). The summed E-state index contributed by atoms with van der Waals surface area (Å²) in [6.07, 6.45) is 7.50. The van der Waals surface area contributed by atoms with Crippen molar-refractivity contribution in [2.24, 2.45) is 5.92 Å². The zero-order valence-electron chi connectivity index (χ0n) is 14.3. The molecule has 1 fully saturated rings. The highest BCUT2D eigenvalue weighted by Gasteiger charge is 2.43. The van der Waals surface area contributed by atoms with Gasteiger partial charge >= 0.3 is 0 Å². The van der Waals surface area contributed by atoms with E-state index in [1.165, 1.54) is 0 Å². The number of benzene rings is 1. The summed E-state index contributed by atoms with van der Waals surface area (Å²) in [6.45, 7) is 5.02. The van der Waals surface area contributed by atoms with E-state index >= 15 is 0 Å². The summed E-state index contributed by atoms with van der Waals surface area (Å²) >= 11 is 0. The number of aliphatic hydroxyl groups excluding tert-OH is 1. The first-order valence-corrected chi connectivity index (χ1v) is 8.56. The quantitative estimate of drug-likeness (QED) is 0.918. The van der Waals surface area contributed by atoms with Gasteiger partial charge in [0.25, 0.3) is 5.91 Å². The normalized spacial score (nSPS) is 20.4. The molecule has 1 aromatic heterocycles. The Labute approximate surface area is 143 Å². The van der Waals surface area contributed by atoms with Crippen molar-refractivity contribution in [1.82, 2.24) is 9.47 Å². The molecule has 0 unspecified atom stereocenters. The van der Waals surface area contributed by atoms with Gasteiger partial charge in [0.15, 0.2) is 0 Å². The van der Waals surface area contributed by atoms with Crippen molar-refractivity contribution in [3.63, 3.8) is 0 Å². The average molecular weight is 324 g/mol. The van der Waals surface area contributed by atoms with Gasteiger partial charge in [0.1, 0.15) is 0 Å². The number of aliphatic hydroxyl groups is 1. The van der Waals surface area contributed by atoms with Crippen molar-refractivity contribution in [1.29, 1.82) is 0 Å². The van der Waals surface area contributed by atoms with Crippen LogP contribution in [0.2, 0.25) is 0 Å². The molecule has 1 atom stereocenters. The highest BCUT2D eigenvalue weighted by Crippen LogP contribution is 2.35. The Balaban J connectivity index is 1.82.